The molecular formula is C20H20F4N2O4. The second kappa shape index (κ2) is 9.31. The SMILES string of the molecule is O=C(NCc1cccc(F)c1)O[C@@H]1[C@@H](O)CN[C@@H]1Cc1ccc(OC(F)(F)F)cc1. The minimum Gasteiger partial charge on any atom is -0.442 e. The van der Waals surface area contributed by atoms with E-state index >= 15 is 0 Å². The minimum absolute atomic E-state index is 0.0537. The fraction of sp³-hybridized carbons (Fsp3) is 0.350. The molecule has 0 saturated carbocycles. The third-order valence-corrected chi connectivity index (χ3v) is 4.55. The molecule has 1 heterocycles. The molecule has 3 rings (SSSR count). The van der Waals surface area contributed by atoms with E-state index in [0.29, 0.717) is 17.5 Å². The lowest BCUT2D eigenvalue weighted by Gasteiger charge is -2.22. The van der Waals surface area contributed by atoms with Gasteiger partial charge in [0.25, 0.3) is 0 Å². The first kappa shape index (κ1) is 21.8. The van der Waals surface area contributed by atoms with E-state index in [1.807, 2.05) is 0 Å². The van der Waals surface area contributed by atoms with Crippen molar-refractivity contribution in [1.29, 1.82) is 0 Å². The molecule has 2 aromatic carbocycles. The van der Waals surface area contributed by atoms with Crippen molar-refractivity contribution in [3.63, 3.8) is 0 Å². The number of aliphatic hydroxyl groups is 1. The molecule has 10 heteroatoms. The van der Waals surface area contributed by atoms with Gasteiger partial charge in [0.2, 0.25) is 0 Å². The number of ether oxygens (including phenoxy) is 2. The predicted molar refractivity (Wildman–Crippen MR) is 98.1 cm³/mol. The quantitative estimate of drug-likeness (QED) is 0.617. The first-order valence-corrected chi connectivity index (χ1v) is 9.15. The van der Waals surface area contributed by atoms with Crippen molar-refractivity contribution in [2.75, 3.05) is 6.54 Å². The molecule has 0 aromatic heterocycles. The molecule has 0 bridgehead atoms. The van der Waals surface area contributed by atoms with Gasteiger partial charge in [0.15, 0.2) is 0 Å². The number of carbonyl (C=O) groups is 1. The number of rotatable bonds is 6. The Morgan fingerprint density at radius 3 is 2.57 bits per heavy atom. The van der Waals surface area contributed by atoms with Crippen molar-refractivity contribution in [1.82, 2.24) is 10.6 Å². The topological polar surface area (TPSA) is 79.8 Å². The first-order valence-electron chi connectivity index (χ1n) is 9.15. The predicted octanol–water partition coefficient (Wildman–Crippen LogP) is 2.89. The van der Waals surface area contributed by atoms with Gasteiger partial charge in [-0.15, -0.1) is 13.2 Å². The number of alkyl halides is 3. The summed E-state index contributed by atoms with van der Waals surface area (Å²) in [6.45, 7) is 0.250. The summed E-state index contributed by atoms with van der Waals surface area (Å²) in [5, 5.41) is 15.6. The van der Waals surface area contributed by atoms with Gasteiger partial charge in [0.05, 0.1) is 6.04 Å². The molecule has 1 amide bonds. The van der Waals surface area contributed by atoms with Gasteiger partial charge < -0.3 is 25.2 Å². The fourth-order valence-electron chi connectivity index (χ4n) is 3.19. The molecule has 0 unspecified atom stereocenters. The summed E-state index contributed by atoms with van der Waals surface area (Å²) in [7, 11) is 0. The van der Waals surface area contributed by atoms with Gasteiger partial charge in [-0.1, -0.05) is 24.3 Å². The first-order chi connectivity index (χ1) is 14.2. The molecule has 1 aliphatic heterocycles. The fourth-order valence-corrected chi connectivity index (χ4v) is 3.19. The van der Waals surface area contributed by atoms with E-state index in [9.17, 15) is 27.5 Å². The molecule has 3 atom stereocenters. The van der Waals surface area contributed by atoms with E-state index in [1.165, 1.54) is 42.5 Å². The molecule has 0 radical (unpaired) electrons. The number of hydrogen-bond acceptors (Lipinski definition) is 5. The van der Waals surface area contributed by atoms with E-state index < -0.39 is 36.5 Å². The van der Waals surface area contributed by atoms with Crippen molar-refractivity contribution in [3.05, 3.63) is 65.5 Å². The number of halogens is 4. The van der Waals surface area contributed by atoms with Crippen molar-refractivity contribution >= 4 is 6.09 Å². The Labute approximate surface area is 169 Å². The number of β-amino-alcohol motifs (C(OH)–C–C–N with tert-alkyl or cyclic N) is 1. The van der Waals surface area contributed by atoms with E-state index in [4.69, 9.17) is 4.74 Å². The van der Waals surface area contributed by atoms with E-state index in [2.05, 4.69) is 15.4 Å². The molecule has 1 fully saturated rings. The maximum Gasteiger partial charge on any atom is 0.573 e. The molecule has 30 heavy (non-hydrogen) atoms. The van der Waals surface area contributed by atoms with Crippen LogP contribution in [0.2, 0.25) is 0 Å². The molecule has 2 aromatic rings. The Bertz CT molecular complexity index is 861. The molecule has 1 aliphatic rings. The van der Waals surface area contributed by atoms with Crippen LogP contribution in [0, 0.1) is 5.82 Å². The summed E-state index contributed by atoms with van der Waals surface area (Å²) in [4.78, 5) is 12.1. The van der Waals surface area contributed by atoms with E-state index in [1.54, 1.807) is 6.07 Å². The summed E-state index contributed by atoms with van der Waals surface area (Å²) in [5.41, 5.74) is 1.22. The van der Waals surface area contributed by atoms with Gasteiger partial charge in [0.1, 0.15) is 23.8 Å². The van der Waals surface area contributed by atoms with Gasteiger partial charge in [0, 0.05) is 13.1 Å². The van der Waals surface area contributed by atoms with Crippen LogP contribution in [0.5, 0.6) is 5.75 Å². The Kier molecular flexibility index (Phi) is 6.78. The Morgan fingerprint density at radius 2 is 1.90 bits per heavy atom. The maximum atomic E-state index is 13.2. The van der Waals surface area contributed by atoms with Crippen LogP contribution >= 0.6 is 0 Å². The highest BCUT2D eigenvalue weighted by molar-refractivity contribution is 5.67. The highest BCUT2D eigenvalue weighted by Crippen LogP contribution is 2.24. The zero-order valence-corrected chi connectivity index (χ0v) is 15.7. The lowest BCUT2D eigenvalue weighted by Crippen LogP contribution is -2.41. The van der Waals surface area contributed by atoms with E-state index in [0.717, 1.165) is 0 Å². The van der Waals surface area contributed by atoms with Crippen molar-refractivity contribution in [2.45, 2.75) is 37.6 Å². The normalized spacial score (nSPS) is 21.3. The van der Waals surface area contributed by atoms with E-state index in [-0.39, 0.29) is 18.8 Å². The number of aliphatic hydroxyl groups excluding tert-OH is 1. The van der Waals surface area contributed by atoms with Crippen LogP contribution in [0.1, 0.15) is 11.1 Å². The number of amides is 1. The summed E-state index contributed by atoms with van der Waals surface area (Å²) in [6.07, 6.45) is -7.03. The lowest BCUT2D eigenvalue weighted by molar-refractivity contribution is -0.274. The molecule has 0 spiro atoms. The van der Waals surface area contributed by atoms with Crippen LogP contribution in [-0.2, 0) is 17.7 Å². The summed E-state index contributed by atoms with van der Waals surface area (Å²) >= 11 is 0. The number of nitrogens with one attached hydrogen (secondary N) is 2. The molecule has 0 aliphatic carbocycles. The largest absolute Gasteiger partial charge is 0.573 e. The minimum atomic E-state index is -4.77. The molecular weight excluding hydrogens is 408 g/mol. The average molecular weight is 428 g/mol. The third-order valence-electron chi connectivity index (χ3n) is 4.55. The average Bonchev–Trinajstić information content (AvgIpc) is 3.00. The van der Waals surface area contributed by atoms with Crippen molar-refractivity contribution in [2.24, 2.45) is 0 Å². The van der Waals surface area contributed by atoms with Gasteiger partial charge in [-0.25, -0.2) is 9.18 Å². The molecule has 6 nitrogen and oxygen atoms in total. The second-order valence-electron chi connectivity index (χ2n) is 6.83. The smallest absolute Gasteiger partial charge is 0.442 e. The summed E-state index contributed by atoms with van der Waals surface area (Å²) < 4.78 is 59.1. The number of carbonyl (C=O) groups excluding carboxylic acids is 1. The Hall–Kier alpha value is -2.85. The Morgan fingerprint density at radius 1 is 1.17 bits per heavy atom. The zero-order valence-electron chi connectivity index (χ0n) is 15.7. The van der Waals surface area contributed by atoms with Gasteiger partial charge >= 0.3 is 12.5 Å². The molecule has 162 valence electrons. The van der Waals surface area contributed by atoms with Crippen LogP contribution < -0.4 is 15.4 Å². The highest BCUT2D eigenvalue weighted by Gasteiger charge is 2.38. The van der Waals surface area contributed by atoms with Gasteiger partial charge in [-0.05, 0) is 41.8 Å². The maximum absolute atomic E-state index is 13.2. The van der Waals surface area contributed by atoms with Gasteiger partial charge in [-0.2, -0.15) is 0 Å². The van der Waals surface area contributed by atoms with Crippen LogP contribution in [0.15, 0.2) is 48.5 Å². The highest BCUT2D eigenvalue weighted by atomic mass is 19.4. The Balaban J connectivity index is 1.54. The number of benzene rings is 2. The van der Waals surface area contributed by atoms with Crippen LogP contribution in [-0.4, -0.2) is 42.4 Å². The van der Waals surface area contributed by atoms with Crippen LogP contribution in [0.3, 0.4) is 0 Å². The lowest BCUT2D eigenvalue weighted by atomic mass is 10.0. The van der Waals surface area contributed by atoms with Crippen molar-refractivity contribution < 1.29 is 36.9 Å². The number of alkyl carbamates (subject to hydrolysis) is 1. The third kappa shape index (κ3) is 6.33. The number of hydrogen-bond donors (Lipinski definition) is 3. The van der Waals surface area contributed by atoms with Crippen LogP contribution in [0.25, 0.3) is 0 Å². The second-order valence-corrected chi connectivity index (χ2v) is 6.83. The van der Waals surface area contributed by atoms with Crippen molar-refractivity contribution in [3.8, 4) is 5.75 Å². The molecule has 3 N–H and O–H groups in total. The van der Waals surface area contributed by atoms with Gasteiger partial charge in [-0.3, -0.25) is 0 Å². The monoisotopic (exact) mass is 428 g/mol. The van der Waals surface area contributed by atoms with Crippen LogP contribution in [0.4, 0.5) is 22.4 Å². The molecule has 1 saturated heterocycles. The zero-order chi connectivity index (χ0) is 21.7. The summed E-state index contributed by atoms with van der Waals surface area (Å²) in [5.74, 6) is -0.764. The standard InChI is InChI=1S/C20H20F4N2O4/c21-14-3-1-2-13(8-14)10-26-19(28)29-18-16(25-11-17(18)27)9-12-4-6-15(7-5-12)30-20(22,23)24/h1-8,16-18,25,27H,9-11H2,(H,26,28)/t16-,17+,18+/m1/s1. The summed E-state index contributed by atoms with van der Waals surface area (Å²) in [6, 6.07) is 10.6.